The highest BCUT2D eigenvalue weighted by Crippen LogP contribution is 2.31. The molecule has 0 atom stereocenters. The molecule has 4 nitrogen and oxygen atoms in total. The van der Waals surface area contributed by atoms with Crippen molar-refractivity contribution in [2.24, 2.45) is 5.41 Å². The molecule has 2 rings (SSSR count). The summed E-state index contributed by atoms with van der Waals surface area (Å²) in [5.74, 6) is 0.0619. The lowest BCUT2D eigenvalue weighted by Crippen LogP contribution is -2.27. The van der Waals surface area contributed by atoms with Crippen molar-refractivity contribution in [2.45, 2.75) is 20.8 Å². The third-order valence-electron chi connectivity index (χ3n) is 3.42. The van der Waals surface area contributed by atoms with Crippen molar-refractivity contribution in [3.63, 3.8) is 0 Å². The molecule has 6 heteroatoms. The molecule has 0 aromatic heterocycles. The van der Waals surface area contributed by atoms with E-state index >= 15 is 0 Å². The Morgan fingerprint density at radius 3 is 2.28 bits per heavy atom. The Bertz CT molecular complexity index is 780. The van der Waals surface area contributed by atoms with E-state index in [0.717, 1.165) is 0 Å². The minimum atomic E-state index is -0.488. The first kappa shape index (κ1) is 19.3. The lowest BCUT2D eigenvalue weighted by atomic mass is 9.95. The highest BCUT2D eigenvalue weighted by atomic mass is 35.5. The Kier molecular flexibility index (Phi) is 6.09. The van der Waals surface area contributed by atoms with Gasteiger partial charge in [-0.05, 0) is 36.4 Å². The van der Waals surface area contributed by atoms with Gasteiger partial charge in [0.2, 0.25) is 5.91 Å². The average molecular weight is 380 g/mol. The van der Waals surface area contributed by atoms with Gasteiger partial charge >= 0.3 is 0 Å². The second-order valence-corrected chi connectivity index (χ2v) is 7.33. The number of carbonyl (C=O) groups is 2. The minimum Gasteiger partial charge on any atom is -0.484 e. The zero-order valence-corrected chi connectivity index (χ0v) is 15.7. The number of anilines is 1. The van der Waals surface area contributed by atoms with Gasteiger partial charge in [-0.1, -0.05) is 50.0 Å². The molecule has 0 radical (unpaired) electrons. The number of rotatable bonds is 5. The van der Waals surface area contributed by atoms with E-state index in [4.69, 9.17) is 27.9 Å². The van der Waals surface area contributed by atoms with Crippen LogP contribution in [-0.4, -0.2) is 18.3 Å². The molecule has 0 unspecified atom stereocenters. The summed E-state index contributed by atoms with van der Waals surface area (Å²) in [6, 6.07) is 11.6. The molecule has 25 heavy (non-hydrogen) atoms. The summed E-state index contributed by atoms with van der Waals surface area (Å²) in [6.07, 6.45) is 0. The molecule has 1 N–H and O–H groups in total. The molecular weight excluding hydrogens is 361 g/mol. The highest BCUT2D eigenvalue weighted by molar-refractivity contribution is 6.42. The smallest absolute Gasteiger partial charge is 0.229 e. The number of Topliss-reactive ketones (excluding diaryl/α,β-unsaturated/α-hetero) is 1. The molecule has 0 saturated heterocycles. The van der Waals surface area contributed by atoms with E-state index in [2.05, 4.69) is 5.32 Å². The monoisotopic (exact) mass is 379 g/mol. The molecule has 2 aromatic carbocycles. The molecule has 132 valence electrons. The molecule has 0 bridgehead atoms. The van der Waals surface area contributed by atoms with Crippen LogP contribution < -0.4 is 10.1 Å². The highest BCUT2D eigenvalue weighted by Gasteiger charge is 2.21. The molecule has 2 aromatic rings. The number of amides is 1. The average Bonchev–Trinajstić information content (AvgIpc) is 2.55. The van der Waals surface area contributed by atoms with E-state index in [9.17, 15) is 9.59 Å². The summed E-state index contributed by atoms with van der Waals surface area (Å²) in [6.45, 7) is 5.34. The number of hydrogen-bond donors (Lipinski definition) is 1. The van der Waals surface area contributed by atoms with Gasteiger partial charge in [-0.3, -0.25) is 9.59 Å². The Morgan fingerprint density at radius 1 is 1.04 bits per heavy atom. The summed E-state index contributed by atoms with van der Waals surface area (Å²) in [5.41, 5.74) is 0.626. The standard InChI is InChI=1S/C19H19Cl2NO3/c1-19(2,3)18(24)22-13-9-7-12(8-10-13)15(23)11-25-16-6-4-5-14(20)17(16)21/h4-10H,11H2,1-3H3,(H,22,24). The number of hydrogen-bond acceptors (Lipinski definition) is 3. The first-order chi connectivity index (χ1) is 11.7. The summed E-state index contributed by atoms with van der Waals surface area (Å²) in [5, 5.41) is 3.45. The van der Waals surface area contributed by atoms with E-state index in [-0.39, 0.29) is 23.3 Å². The van der Waals surface area contributed by atoms with Crippen LogP contribution in [0.25, 0.3) is 0 Å². The third-order valence-corrected chi connectivity index (χ3v) is 4.22. The minimum absolute atomic E-state index is 0.0921. The maximum Gasteiger partial charge on any atom is 0.229 e. The summed E-state index contributed by atoms with van der Waals surface area (Å²) >= 11 is 11.9. The maximum atomic E-state index is 12.2. The number of ether oxygens (including phenoxy) is 1. The van der Waals surface area contributed by atoms with Gasteiger partial charge in [0.05, 0.1) is 5.02 Å². The zero-order valence-electron chi connectivity index (χ0n) is 14.2. The summed E-state index contributed by atoms with van der Waals surface area (Å²) < 4.78 is 5.44. The van der Waals surface area contributed by atoms with Crippen molar-refractivity contribution in [1.29, 1.82) is 0 Å². The molecule has 0 saturated carbocycles. The number of halogens is 2. The van der Waals surface area contributed by atoms with Crippen LogP contribution >= 0.6 is 23.2 Å². The van der Waals surface area contributed by atoms with Gasteiger partial charge in [0, 0.05) is 16.7 Å². The molecule has 0 fully saturated rings. The van der Waals surface area contributed by atoms with Crippen LogP contribution in [0.1, 0.15) is 31.1 Å². The molecule has 0 heterocycles. The van der Waals surface area contributed by atoms with Gasteiger partial charge in [-0.15, -0.1) is 0 Å². The number of benzene rings is 2. The fourth-order valence-electron chi connectivity index (χ4n) is 1.88. The first-order valence-corrected chi connectivity index (χ1v) is 8.45. The van der Waals surface area contributed by atoms with Crippen molar-refractivity contribution in [3.8, 4) is 5.75 Å². The van der Waals surface area contributed by atoms with E-state index in [0.29, 0.717) is 22.0 Å². The number of carbonyl (C=O) groups excluding carboxylic acids is 2. The second kappa shape index (κ2) is 7.89. The van der Waals surface area contributed by atoms with Crippen molar-refractivity contribution < 1.29 is 14.3 Å². The molecule has 0 aliphatic rings. The van der Waals surface area contributed by atoms with E-state index in [1.54, 1.807) is 42.5 Å². The van der Waals surface area contributed by atoms with Crippen molar-refractivity contribution in [1.82, 2.24) is 0 Å². The fraction of sp³-hybridized carbons (Fsp3) is 0.263. The van der Waals surface area contributed by atoms with Crippen LogP contribution in [0.4, 0.5) is 5.69 Å². The Hall–Kier alpha value is -2.04. The van der Waals surface area contributed by atoms with Crippen molar-refractivity contribution in [2.75, 3.05) is 11.9 Å². The molecule has 0 aliphatic heterocycles. The van der Waals surface area contributed by atoms with Crippen LogP contribution in [-0.2, 0) is 4.79 Å². The van der Waals surface area contributed by atoms with E-state index in [1.807, 2.05) is 20.8 Å². The predicted molar refractivity (Wildman–Crippen MR) is 101 cm³/mol. The normalized spacial score (nSPS) is 11.1. The SMILES string of the molecule is CC(C)(C)C(=O)Nc1ccc(C(=O)COc2cccc(Cl)c2Cl)cc1. The Balaban J connectivity index is 1.98. The lowest BCUT2D eigenvalue weighted by Gasteiger charge is -2.17. The summed E-state index contributed by atoms with van der Waals surface area (Å²) in [4.78, 5) is 24.2. The van der Waals surface area contributed by atoms with Gasteiger partial charge in [0.25, 0.3) is 0 Å². The Labute approximate surface area is 157 Å². The van der Waals surface area contributed by atoms with Crippen molar-refractivity contribution in [3.05, 3.63) is 58.1 Å². The van der Waals surface area contributed by atoms with Gasteiger partial charge in [0.1, 0.15) is 10.8 Å². The van der Waals surface area contributed by atoms with Crippen molar-refractivity contribution >= 4 is 40.6 Å². The van der Waals surface area contributed by atoms with Crippen LogP contribution in [0.5, 0.6) is 5.75 Å². The first-order valence-electron chi connectivity index (χ1n) is 7.70. The van der Waals surface area contributed by atoms with E-state index < -0.39 is 5.41 Å². The zero-order chi connectivity index (χ0) is 18.6. The fourth-order valence-corrected chi connectivity index (χ4v) is 2.23. The van der Waals surface area contributed by atoms with Gasteiger partial charge in [-0.25, -0.2) is 0 Å². The van der Waals surface area contributed by atoms with Crippen LogP contribution in [0.3, 0.4) is 0 Å². The lowest BCUT2D eigenvalue weighted by molar-refractivity contribution is -0.123. The third kappa shape index (κ3) is 5.21. The predicted octanol–water partition coefficient (Wildman–Crippen LogP) is 5.24. The van der Waals surface area contributed by atoms with Crippen LogP contribution in [0, 0.1) is 5.41 Å². The van der Waals surface area contributed by atoms with E-state index in [1.165, 1.54) is 0 Å². The molecule has 0 aliphatic carbocycles. The van der Waals surface area contributed by atoms with Gasteiger partial charge < -0.3 is 10.1 Å². The number of nitrogens with one attached hydrogen (secondary N) is 1. The summed E-state index contributed by atoms with van der Waals surface area (Å²) in [7, 11) is 0. The molecule has 0 spiro atoms. The largest absolute Gasteiger partial charge is 0.484 e. The van der Waals surface area contributed by atoms with Crippen LogP contribution in [0.15, 0.2) is 42.5 Å². The number of ketones is 1. The van der Waals surface area contributed by atoms with Crippen LogP contribution in [0.2, 0.25) is 10.0 Å². The molecule has 1 amide bonds. The topological polar surface area (TPSA) is 55.4 Å². The van der Waals surface area contributed by atoms with Gasteiger partial charge in [-0.2, -0.15) is 0 Å². The maximum absolute atomic E-state index is 12.2. The second-order valence-electron chi connectivity index (χ2n) is 6.55. The van der Waals surface area contributed by atoms with Gasteiger partial charge in [0.15, 0.2) is 12.4 Å². The Morgan fingerprint density at radius 2 is 1.68 bits per heavy atom. The quantitative estimate of drug-likeness (QED) is 0.722. The molecular formula is C19H19Cl2NO3.